The quantitative estimate of drug-likeness (QED) is 0.658. The highest BCUT2D eigenvalue weighted by molar-refractivity contribution is 6.08. The molecule has 2 aromatic rings. The van der Waals surface area contributed by atoms with E-state index in [9.17, 15) is 14.4 Å². The fourth-order valence-corrected chi connectivity index (χ4v) is 4.17. The average Bonchev–Trinajstić information content (AvgIpc) is 3.14. The Morgan fingerprint density at radius 1 is 1.00 bits per heavy atom. The van der Waals surface area contributed by atoms with Gasteiger partial charge in [-0.05, 0) is 57.0 Å². The molecule has 28 heavy (non-hydrogen) atoms. The lowest BCUT2D eigenvalue weighted by Gasteiger charge is -2.15. The van der Waals surface area contributed by atoms with Crippen LogP contribution in [0.25, 0.3) is 5.69 Å². The molecule has 1 aliphatic carbocycles. The van der Waals surface area contributed by atoms with E-state index in [2.05, 4.69) is 9.88 Å². The van der Waals surface area contributed by atoms with Crippen molar-refractivity contribution in [2.24, 2.45) is 11.8 Å². The van der Waals surface area contributed by atoms with E-state index in [1.54, 1.807) is 6.07 Å². The van der Waals surface area contributed by atoms with Crippen LogP contribution in [-0.4, -0.2) is 33.7 Å². The van der Waals surface area contributed by atoms with Crippen LogP contribution in [0.1, 0.15) is 24.2 Å². The number of likely N-dealkylation sites (tertiary alicyclic amines) is 1. The predicted molar refractivity (Wildman–Crippen MR) is 106 cm³/mol. The molecule has 0 radical (unpaired) electrons. The van der Waals surface area contributed by atoms with Crippen molar-refractivity contribution in [3.63, 3.8) is 0 Å². The second-order valence-corrected chi connectivity index (χ2v) is 7.47. The number of nitrogens with one attached hydrogen (secondary N) is 1. The Kier molecular flexibility index (Phi) is 4.63. The lowest BCUT2D eigenvalue weighted by Crippen LogP contribution is -2.38. The van der Waals surface area contributed by atoms with Crippen LogP contribution in [0.2, 0.25) is 0 Å². The first-order valence-electron chi connectivity index (χ1n) is 9.51. The number of allylic oxidation sites excluding steroid dienone is 2. The third kappa shape index (κ3) is 3.15. The van der Waals surface area contributed by atoms with Crippen molar-refractivity contribution in [3.05, 3.63) is 59.9 Å². The van der Waals surface area contributed by atoms with E-state index in [0.29, 0.717) is 18.5 Å². The van der Waals surface area contributed by atoms with Gasteiger partial charge in [-0.1, -0.05) is 18.2 Å². The number of aromatic nitrogens is 1. The zero-order valence-electron chi connectivity index (χ0n) is 16.0. The number of hydrogen-bond acceptors (Lipinski definition) is 3. The normalized spacial score (nSPS) is 21.1. The van der Waals surface area contributed by atoms with Gasteiger partial charge in [0, 0.05) is 22.8 Å². The van der Waals surface area contributed by atoms with Crippen LogP contribution in [-0.2, 0) is 14.4 Å². The van der Waals surface area contributed by atoms with Crippen molar-refractivity contribution in [2.75, 3.05) is 11.9 Å². The molecule has 6 nitrogen and oxygen atoms in total. The predicted octanol–water partition coefficient (Wildman–Crippen LogP) is 2.98. The van der Waals surface area contributed by atoms with E-state index < -0.39 is 0 Å². The highest BCUT2D eigenvalue weighted by Crippen LogP contribution is 2.34. The van der Waals surface area contributed by atoms with Crippen LogP contribution < -0.4 is 5.32 Å². The van der Waals surface area contributed by atoms with Gasteiger partial charge in [0.25, 0.3) is 0 Å². The third-order valence-electron chi connectivity index (χ3n) is 5.56. The number of amides is 3. The smallest absolute Gasteiger partial charge is 0.244 e. The summed E-state index contributed by atoms with van der Waals surface area (Å²) in [5.41, 5.74) is 3.78. The summed E-state index contributed by atoms with van der Waals surface area (Å²) in [5, 5.41) is 2.82. The number of benzene rings is 1. The van der Waals surface area contributed by atoms with E-state index in [1.807, 2.05) is 56.3 Å². The Balaban J connectivity index is 1.47. The molecule has 1 aromatic heterocycles. The average molecular weight is 377 g/mol. The van der Waals surface area contributed by atoms with Gasteiger partial charge in [-0.15, -0.1) is 0 Å². The maximum atomic E-state index is 12.5. The van der Waals surface area contributed by atoms with Gasteiger partial charge in [0.15, 0.2) is 0 Å². The molecule has 2 aliphatic rings. The van der Waals surface area contributed by atoms with Crippen molar-refractivity contribution in [2.45, 2.75) is 26.7 Å². The first-order chi connectivity index (χ1) is 13.5. The topological polar surface area (TPSA) is 71.4 Å². The van der Waals surface area contributed by atoms with Gasteiger partial charge >= 0.3 is 0 Å². The van der Waals surface area contributed by atoms with Crippen molar-refractivity contribution in [1.29, 1.82) is 0 Å². The molecule has 6 heteroatoms. The summed E-state index contributed by atoms with van der Waals surface area (Å²) in [6, 6.07) is 11.6. The Morgan fingerprint density at radius 2 is 1.61 bits per heavy atom. The molecule has 0 spiro atoms. The zero-order chi connectivity index (χ0) is 19.8. The summed E-state index contributed by atoms with van der Waals surface area (Å²) in [4.78, 5) is 38.7. The summed E-state index contributed by atoms with van der Waals surface area (Å²) >= 11 is 0. The zero-order valence-corrected chi connectivity index (χ0v) is 16.0. The Morgan fingerprint density at radius 3 is 2.21 bits per heavy atom. The molecule has 2 atom stereocenters. The van der Waals surface area contributed by atoms with E-state index in [4.69, 9.17) is 0 Å². The fourth-order valence-electron chi connectivity index (χ4n) is 4.17. The van der Waals surface area contributed by atoms with Crippen LogP contribution in [0.5, 0.6) is 0 Å². The molecular weight excluding hydrogens is 354 g/mol. The SMILES string of the molecule is Cc1ccc(C)n1-c1cccc(NC(=O)CN2C(=O)[C@H]3CC=CC[C@@H]3C2=O)c1. The lowest BCUT2D eigenvalue weighted by atomic mass is 9.85. The van der Waals surface area contributed by atoms with Gasteiger partial charge in [0.05, 0.1) is 11.8 Å². The van der Waals surface area contributed by atoms with E-state index >= 15 is 0 Å². The van der Waals surface area contributed by atoms with Crippen molar-refractivity contribution in [3.8, 4) is 5.69 Å². The Hall–Kier alpha value is -3.15. The molecule has 0 unspecified atom stereocenters. The molecule has 1 N–H and O–H groups in total. The van der Waals surface area contributed by atoms with Crippen molar-refractivity contribution in [1.82, 2.24) is 9.47 Å². The number of carbonyl (C=O) groups excluding carboxylic acids is 3. The van der Waals surface area contributed by atoms with E-state index in [-0.39, 0.29) is 36.1 Å². The number of hydrogen-bond donors (Lipinski definition) is 1. The van der Waals surface area contributed by atoms with Crippen LogP contribution in [0.15, 0.2) is 48.6 Å². The molecule has 4 rings (SSSR count). The maximum absolute atomic E-state index is 12.5. The van der Waals surface area contributed by atoms with Gasteiger partial charge in [-0.3, -0.25) is 19.3 Å². The van der Waals surface area contributed by atoms with Gasteiger partial charge in [-0.2, -0.15) is 0 Å². The van der Waals surface area contributed by atoms with Crippen LogP contribution in [0.3, 0.4) is 0 Å². The number of aryl methyl sites for hydroxylation is 2. The molecule has 3 amide bonds. The molecule has 2 heterocycles. The van der Waals surface area contributed by atoms with E-state index in [1.165, 1.54) is 0 Å². The molecule has 1 saturated heterocycles. The fraction of sp³-hybridized carbons (Fsp3) is 0.318. The standard InChI is InChI=1S/C22H23N3O3/c1-14-10-11-15(2)25(14)17-7-5-6-16(12-17)23-20(26)13-24-21(27)18-8-3-4-9-19(18)22(24)28/h3-7,10-12,18-19H,8-9,13H2,1-2H3,(H,23,26)/t18-,19-/m0/s1. The summed E-state index contributed by atoms with van der Waals surface area (Å²) in [6.45, 7) is 3.81. The Bertz CT molecular complexity index is 943. The maximum Gasteiger partial charge on any atom is 0.244 e. The number of carbonyl (C=O) groups is 3. The first-order valence-corrected chi connectivity index (χ1v) is 9.51. The molecule has 1 fully saturated rings. The minimum absolute atomic E-state index is 0.234. The van der Waals surface area contributed by atoms with Gasteiger partial charge < -0.3 is 9.88 Å². The molecule has 0 saturated carbocycles. The second-order valence-electron chi connectivity index (χ2n) is 7.47. The third-order valence-corrected chi connectivity index (χ3v) is 5.56. The first kappa shape index (κ1) is 18.2. The van der Waals surface area contributed by atoms with Crippen LogP contribution >= 0.6 is 0 Å². The Labute approximate surface area is 163 Å². The summed E-state index contributed by atoms with van der Waals surface area (Å²) in [5.74, 6) is -1.46. The van der Waals surface area contributed by atoms with Crippen molar-refractivity contribution >= 4 is 23.4 Å². The van der Waals surface area contributed by atoms with E-state index in [0.717, 1.165) is 22.0 Å². The summed E-state index contributed by atoms with van der Waals surface area (Å²) in [7, 11) is 0. The number of nitrogens with zero attached hydrogens (tertiary/aromatic N) is 2. The summed E-state index contributed by atoms with van der Waals surface area (Å²) in [6.07, 6.45) is 5.02. The van der Waals surface area contributed by atoms with Crippen LogP contribution in [0.4, 0.5) is 5.69 Å². The highest BCUT2D eigenvalue weighted by atomic mass is 16.2. The number of rotatable bonds is 4. The molecule has 1 aromatic carbocycles. The highest BCUT2D eigenvalue weighted by Gasteiger charge is 2.47. The molecule has 0 bridgehead atoms. The number of anilines is 1. The second kappa shape index (κ2) is 7.11. The largest absolute Gasteiger partial charge is 0.324 e. The van der Waals surface area contributed by atoms with Crippen LogP contribution in [0, 0.1) is 25.7 Å². The van der Waals surface area contributed by atoms with Gasteiger partial charge in [-0.25, -0.2) is 0 Å². The van der Waals surface area contributed by atoms with Gasteiger partial charge in [0.1, 0.15) is 6.54 Å². The summed E-state index contributed by atoms with van der Waals surface area (Å²) < 4.78 is 2.10. The number of imide groups is 1. The molecule has 1 aliphatic heterocycles. The van der Waals surface area contributed by atoms with Gasteiger partial charge in [0.2, 0.25) is 17.7 Å². The molecular formula is C22H23N3O3. The number of fused-ring (bicyclic) bond motifs is 1. The monoisotopic (exact) mass is 377 g/mol. The lowest BCUT2D eigenvalue weighted by molar-refractivity contribution is -0.142. The molecule has 144 valence electrons. The minimum atomic E-state index is -0.369. The van der Waals surface area contributed by atoms with Crippen molar-refractivity contribution < 1.29 is 14.4 Å². The minimum Gasteiger partial charge on any atom is -0.324 e.